The van der Waals surface area contributed by atoms with E-state index < -0.39 is 5.41 Å². The number of nitrogens with one attached hydrogen (secondary N) is 1. The number of carbonyl (C=O) groups is 2. The van der Waals surface area contributed by atoms with E-state index in [1.807, 2.05) is 13.8 Å². The molecule has 0 aromatic rings. The number of nitriles is 1. The van der Waals surface area contributed by atoms with Crippen molar-refractivity contribution in [3.8, 4) is 6.07 Å². The fourth-order valence-corrected chi connectivity index (χ4v) is 2.11. The maximum absolute atomic E-state index is 11.8. The second-order valence-corrected chi connectivity index (χ2v) is 4.62. The first-order chi connectivity index (χ1) is 8.59. The van der Waals surface area contributed by atoms with E-state index in [0.717, 1.165) is 6.42 Å². The summed E-state index contributed by atoms with van der Waals surface area (Å²) in [6, 6.07) is 2.09. The fraction of sp³-hybridized carbons (Fsp3) is 0.769. The summed E-state index contributed by atoms with van der Waals surface area (Å²) in [5, 5.41) is 11.7. The van der Waals surface area contributed by atoms with Crippen LogP contribution in [0.4, 0.5) is 0 Å². The van der Waals surface area contributed by atoms with Gasteiger partial charge in [0, 0.05) is 26.1 Å². The maximum atomic E-state index is 11.8. The Morgan fingerprint density at radius 3 is 2.33 bits per heavy atom. The first kappa shape index (κ1) is 14.5. The van der Waals surface area contributed by atoms with Gasteiger partial charge < -0.3 is 10.2 Å². The number of amides is 2. The normalized spacial score (nSPS) is 16.3. The molecular weight excluding hydrogens is 230 g/mol. The molecule has 0 aromatic heterocycles. The summed E-state index contributed by atoms with van der Waals surface area (Å²) in [6.07, 6.45) is 2.51. The number of rotatable bonds is 6. The van der Waals surface area contributed by atoms with Gasteiger partial charge >= 0.3 is 0 Å². The molecule has 0 unspecified atom stereocenters. The van der Waals surface area contributed by atoms with Gasteiger partial charge in [-0.05, 0) is 33.1 Å². The van der Waals surface area contributed by atoms with Gasteiger partial charge in [0.05, 0.1) is 6.07 Å². The summed E-state index contributed by atoms with van der Waals surface area (Å²) in [5.74, 6) is -0.177. The fourth-order valence-electron chi connectivity index (χ4n) is 2.11. The van der Waals surface area contributed by atoms with Gasteiger partial charge in [-0.3, -0.25) is 9.59 Å². The Kier molecular flexibility index (Phi) is 5.14. The van der Waals surface area contributed by atoms with Crippen molar-refractivity contribution in [3.63, 3.8) is 0 Å². The summed E-state index contributed by atoms with van der Waals surface area (Å²) in [4.78, 5) is 25.2. The predicted octanol–water partition coefficient (Wildman–Crippen LogP) is 1.05. The van der Waals surface area contributed by atoms with Gasteiger partial charge in [-0.2, -0.15) is 5.26 Å². The molecule has 0 saturated heterocycles. The number of nitrogens with zero attached hydrogens (tertiary/aromatic N) is 2. The van der Waals surface area contributed by atoms with Crippen molar-refractivity contribution in [1.29, 1.82) is 5.26 Å². The standard InChI is InChI=1S/C13H21N3O2/c1-3-16(4-2)11(17)6-9-15-12(18)13(10-14)7-5-8-13/h3-9H2,1-2H3,(H,15,18). The molecule has 0 aromatic carbocycles. The lowest BCUT2D eigenvalue weighted by Gasteiger charge is -2.33. The second-order valence-electron chi connectivity index (χ2n) is 4.62. The highest BCUT2D eigenvalue weighted by atomic mass is 16.2. The molecule has 1 saturated carbocycles. The Hall–Kier alpha value is -1.57. The first-order valence-electron chi connectivity index (χ1n) is 6.57. The van der Waals surface area contributed by atoms with Gasteiger partial charge in [0.1, 0.15) is 5.41 Å². The molecule has 1 aliphatic carbocycles. The molecule has 2 amide bonds. The number of hydrogen-bond acceptors (Lipinski definition) is 3. The summed E-state index contributed by atoms with van der Waals surface area (Å²) in [6.45, 7) is 5.55. The molecule has 1 N–H and O–H groups in total. The average Bonchev–Trinajstić information content (AvgIpc) is 2.30. The van der Waals surface area contributed by atoms with Gasteiger partial charge in [0.15, 0.2) is 0 Å². The summed E-state index contributed by atoms with van der Waals surface area (Å²) in [7, 11) is 0. The van der Waals surface area contributed by atoms with Crippen molar-refractivity contribution in [1.82, 2.24) is 10.2 Å². The Morgan fingerprint density at radius 2 is 1.94 bits per heavy atom. The van der Waals surface area contributed by atoms with E-state index in [9.17, 15) is 9.59 Å². The molecule has 18 heavy (non-hydrogen) atoms. The molecule has 0 bridgehead atoms. The van der Waals surface area contributed by atoms with Crippen molar-refractivity contribution in [2.24, 2.45) is 5.41 Å². The van der Waals surface area contributed by atoms with E-state index in [0.29, 0.717) is 38.9 Å². The summed E-state index contributed by atoms with van der Waals surface area (Å²) < 4.78 is 0. The van der Waals surface area contributed by atoms with Crippen LogP contribution in [0.2, 0.25) is 0 Å². The molecule has 100 valence electrons. The molecule has 1 rings (SSSR count). The lowest BCUT2D eigenvalue weighted by atomic mass is 9.69. The van der Waals surface area contributed by atoms with Crippen molar-refractivity contribution < 1.29 is 9.59 Å². The van der Waals surface area contributed by atoms with Crippen LogP contribution in [0.1, 0.15) is 39.5 Å². The topological polar surface area (TPSA) is 73.2 Å². The van der Waals surface area contributed by atoms with Crippen LogP contribution in [-0.4, -0.2) is 36.3 Å². The molecule has 0 atom stereocenters. The van der Waals surface area contributed by atoms with E-state index in [4.69, 9.17) is 5.26 Å². The lowest BCUT2D eigenvalue weighted by Crippen LogP contribution is -2.45. The molecule has 0 radical (unpaired) electrons. The number of carbonyl (C=O) groups excluding carboxylic acids is 2. The molecular formula is C13H21N3O2. The van der Waals surface area contributed by atoms with E-state index in [2.05, 4.69) is 11.4 Å². The van der Waals surface area contributed by atoms with Crippen molar-refractivity contribution in [2.45, 2.75) is 39.5 Å². The van der Waals surface area contributed by atoms with Crippen LogP contribution in [0, 0.1) is 16.7 Å². The summed E-state index contributed by atoms with van der Waals surface area (Å²) >= 11 is 0. The first-order valence-corrected chi connectivity index (χ1v) is 6.57. The number of hydrogen-bond donors (Lipinski definition) is 1. The smallest absolute Gasteiger partial charge is 0.240 e. The van der Waals surface area contributed by atoms with Gasteiger partial charge in [0.2, 0.25) is 11.8 Å². The highest BCUT2D eigenvalue weighted by Gasteiger charge is 2.44. The summed E-state index contributed by atoms with van der Waals surface area (Å²) in [5.41, 5.74) is -0.821. The van der Waals surface area contributed by atoms with Crippen LogP contribution in [0.15, 0.2) is 0 Å². The SMILES string of the molecule is CCN(CC)C(=O)CCNC(=O)C1(C#N)CCC1. The van der Waals surface area contributed by atoms with Crippen LogP contribution in [-0.2, 0) is 9.59 Å². The van der Waals surface area contributed by atoms with Gasteiger partial charge in [0.25, 0.3) is 0 Å². The average molecular weight is 251 g/mol. The van der Waals surface area contributed by atoms with Crippen molar-refractivity contribution >= 4 is 11.8 Å². The third-order valence-corrected chi connectivity index (χ3v) is 3.60. The van der Waals surface area contributed by atoms with Gasteiger partial charge in [-0.1, -0.05) is 0 Å². The monoisotopic (exact) mass is 251 g/mol. The Labute approximate surface area is 108 Å². The Balaban J connectivity index is 2.32. The largest absolute Gasteiger partial charge is 0.354 e. The zero-order chi connectivity index (χ0) is 13.6. The van der Waals surface area contributed by atoms with Crippen LogP contribution in [0.3, 0.4) is 0 Å². The van der Waals surface area contributed by atoms with Crippen molar-refractivity contribution in [2.75, 3.05) is 19.6 Å². The van der Waals surface area contributed by atoms with Crippen LogP contribution >= 0.6 is 0 Å². The van der Waals surface area contributed by atoms with Crippen LogP contribution in [0.5, 0.6) is 0 Å². The van der Waals surface area contributed by atoms with E-state index in [1.165, 1.54) is 0 Å². The van der Waals surface area contributed by atoms with Crippen LogP contribution in [0.25, 0.3) is 0 Å². The molecule has 1 fully saturated rings. The minimum atomic E-state index is -0.821. The molecule has 0 aliphatic heterocycles. The van der Waals surface area contributed by atoms with Crippen molar-refractivity contribution in [3.05, 3.63) is 0 Å². The van der Waals surface area contributed by atoms with Crippen LogP contribution < -0.4 is 5.32 Å². The Bertz CT molecular complexity index is 352. The highest BCUT2D eigenvalue weighted by molar-refractivity contribution is 5.86. The molecule has 5 heteroatoms. The minimum absolute atomic E-state index is 0.0416. The molecule has 0 spiro atoms. The molecule has 1 aliphatic rings. The van der Waals surface area contributed by atoms with E-state index >= 15 is 0 Å². The maximum Gasteiger partial charge on any atom is 0.240 e. The Morgan fingerprint density at radius 1 is 1.33 bits per heavy atom. The van der Waals surface area contributed by atoms with E-state index in [1.54, 1.807) is 4.90 Å². The van der Waals surface area contributed by atoms with E-state index in [-0.39, 0.29) is 11.8 Å². The minimum Gasteiger partial charge on any atom is -0.354 e. The quantitative estimate of drug-likeness (QED) is 0.767. The molecule has 5 nitrogen and oxygen atoms in total. The van der Waals surface area contributed by atoms with Gasteiger partial charge in [-0.25, -0.2) is 0 Å². The highest BCUT2D eigenvalue weighted by Crippen LogP contribution is 2.40. The lowest BCUT2D eigenvalue weighted by molar-refractivity contribution is -0.132. The third-order valence-electron chi connectivity index (χ3n) is 3.60. The molecule has 0 heterocycles. The van der Waals surface area contributed by atoms with Gasteiger partial charge in [-0.15, -0.1) is 0 Å². The zero-order valence-corrected chi connectivity index (χ0v) is 11.2. The zero-order valence-electron chi connectivity index (χ0n) is 11.2. The second kappa shape index (κ2) is 6.39. The predicted molar refractivity (Wildman–Crippen MR) is 67.5 cm³/mol. The third kappa shape index (κ3) is 3.00.